The molecule has 2 amide bonds. The molecule has 3 aromatic rings. The molecule has 0 bridgehead atoms. The number of hydrogen-bond acceptors (Lipinski definition) is 4. The third-order valence-corrected chi connectivity index (χ3v) is 7.95. The Morgan fingerprint density at radius 3 is 2.63 bits per heavy atom. The summed E-state index contributed by atoms with van der Waals surface area (Å²) in [6, 6.07) is 16.6. The second kappa shape index (κ2) is 11.3. The van der Waals surface area contributed by atoms with Gasteiger partial charge in [-0.3, -0.25) is 9.59 Å². The molecule has 1 aromatic heterocycles. The fourth-order valence-electron chi connectivity index (χ4n) is 4.43. The predicted molar refractivity (Wildman–Crippen MR) is 141 cm³/mol. The number of halogens is 1. The van der Waals surface area contributed by atoms with Gasteiger partial charge < -0.3 is 14.5 Å². The van der Waals surface area contributed by atoms with Gasteiger partial charge in [0.2, 0.25) is 5.91 Å². The van der Waals surface area contributed by atoms with E-state index >= 15 is 0 Å². The number of carbonyl (C=O) groups is 2. The first-order chi connectivity index (χ1) is 16.9. The van der Waals surface area contributed by atoms with Crippen molar-refractivity contribution in [2.75, 3.05) is 19.7 Å². The Hall–Kier alpha value is -2.83. The first kappa shape index (κ1) is 25.3. The number of aryl methyl sites for hydroxylation is 1. The van der Waals surface area contributed by atoms with Crippen LogP contribution in [0.2, 0.25) is 5.02 Å². The lowest BCUT2D eigenvalue weighted by atomic mass is 10.00. The highest BCUT2D eigenvalue weighted by molar-refractivity contribution is 7.10. The third-order valence-electron chi connectivity index (χ3n) is 6.70. The third kappa shape index (κ3) is 5.71. The van der Waals surface area contributed by atoms with Crippen LogP contribution in [0, 0.1) is 6.92 Å². The van der Waals surface area contributed by atoms with Gasteiger partial charge in [0.25, 0.3) is 5.91 Å². The van der Waals surface area contributed by atoms with Crippen molar-refractivity contribution in [3.05, 3.63) is 86.6 Å². The van der Waals surface area contributed by atoms with Gasteiger partial charge in [0.05, 0.1) is 6.04 Å². The minimum absolute atomic E-state index is 0.0408. The topological polar surface area (TPSA) is 49.9 Å². The van der Waals surface area contributed by atoms with Crippen molar-refractivity contribution in [2.45, 2.75) is 45.7 Å². The molecule has 7 heteroatoms. The molecule has 0 radical (unpaired) electrons. The van der Waals surface area contributed by atoms with Crippen molar-refractivity contribution in [3.63, 3.8) is 0 Å². The number of ether oxygens (including phenoxy) is 1. The Balaban J connectivity index is 1.55. The summed E-state index contributed by atoms with van der Waals surface area (Å²) < 4.78 is 6.08. The molecular weight excluding hydrogens is 480 g/mol. The molecular formula is C28H31ClN2O3S. The van der Waals surface area contributed by atoms with Crippen LogP contribution in [0.5, 0.6) is 5.75 Å². The van der Waals surface area contributed by atoms with Crippen molar-refractivity contribution in [1.82, 2.24) is 9.80 Å². The van der Waals surface area contributed by atoms with Crippen LogP contribution in [0.1, 0.15) is 52.7 Å². The lowest BCUT2D eigenvalue weighted by Crippen LogP contribution is -2.50. The SMILES string of the molecule is CC[C@@H](C)N(CC(=O)N1CCc2sccc2[C@@H]1COc1ccc(Cl)cc1)C(=O)c1ccccc1C. The highest BCUT2D eigenvalue weighted by Crippen LogP contribution is 2.34. The Morgan fingerprint density at radius 1 is 1.17 bits per heavy atom. The summed E-state index contributed by atoms with van der Waals surface area (Å²) in [5.41, 5.74) is 2.68. The average Bonchev–Trinajstić information content (AvgIpc) is 3.35. The van der Waals surface area contributed by atoms with E-state index < -0.39 is 0 Å². The summed E-state index contributed by atoms with van der Waals surface area (Å²) >= 11 is 7.72. The van der Waals surface area contributed by atoms with E-state index in [-0.39, 0.29) is 30.4 Å². The summed E-state index contributed by atoms with van der Waals surface area (Å²) in [5.74, 6) is 0.543. The van der Waals surface area contributed by atoms with Gasteiger partial charge in [0.15, 0.2) is 0 Å². The smallest absolute Gasteiger partial charge is 0.254 e. The number of thiophene rings is 1. The van der Waals surface area contributed by atoms with E-state index in [0.29, 0.717) is 29.5 Å². The van der Waals surface area contributed by atoms with E-state index in [1.807, 2.05) is 62.1 Å². The lowest BCUT2D eigenvalue weighted by molar-refractivity contribution is -0.136. The van der Waals surface area contributed by atoms with Crippen LogP contribution in [0.15, 0.2) is 60.0 Å². The first-order valence-corrected chi connectivity index (χ1v) is 13.3. The van der Waals surface area contributed by atoms with Crippen LogP contribution in [-0.2, 0) is 11.2 Å². The van der Waals surface area contributed by atoms with Crippen LogP contribution in [0.4, 0.5) is 0 Å². The summed E-state index contributed by atoms with van der Waals surface area (Å²) in [7, 11) is 0. The molecule has 0 unspecified atom stereocenters. The van der Waals surface area contributed by atoms with E-state index in [9.17, 15) is 9.59 Å². The normalized spacial score (nSPS) is 15.9. The van der Waals surface area contributed by atoms with E-state index in [4.69, 9.17) is 16.3 Å². The van der Waals surface area contributed by atoms with E-state index in [2.05, 4.69) is 11.4 Å². The van der Waals surface area contributed by atoms with Gasteiger partial charge in [-0.25, -0.2) is 0 Å². The largest absolute Gasteiger partial charge is 0.491 e. The maximum atomic E-state index is 13.7. The van der Waals surface area contributed by atoms with Crippen molar-refractivity contribution in [3.8, 4) is 5.75 Å². The van der Waals surface area contributed by atoms with Gasteiger partial charge in [0.1, 0.15) is 18.9 Å². The Kier molecular flexibility index (Phi) is 8.14. The highest BCUT2D eigenvalue weighted by Gasteiger charge is 2.34. The molecule has 184 valence electrons. The molecule has 0 saturated carbocycles. The zero-order chi connectivity index (χ0) is 24.9. The van der Waals surface area contributed by atoms with Crippen LogP contribution in [0.25, 0.3) is 0 Å². The molecule has 2 heterocycles. The van der Waals surface area contributed by atoms with Gasteiger partial charge in [-0.05, 0) is 79.6 Å². The number of hydrogen-bond donors (Lipinski definition) is 0. The van der Waals surface area contributed by atoms with E-state index in [0.717, 1.165) is 24.0 Å². The van der Waals surface area contributed by atoms with Crippen molar-refractivity contribution >= 4 is 34.8 Å². The minimum atomic E-state index is -0.208. The van der Waals surface area contributed by atoms with Crippen LogP contribution in [0.3, 0.4) is 0 Å². The summed E-state index contributed by atoms with van der Waals surface area (Å²) in [4.78, 5) is 32.1. The lowest BCUT2D eigenvalue weighted by Gasteiger charge is -2.38. The molecule has 0 fully saturated rings. The van der Waals surface area contributed by atoms with Crippen LogP contribution >= 0.6 is 22.9 Å². The number of benzene rings is 2. The molecule has 1 aliphatic rings. The Morgan fingerprint density at radius 2 is 1.91 bits per heavy atom. The van der Waals surface area contributed by atoms with Crippen LogP contribution < -0.4 is 4.74 Å². The van der Waals surface area contributed by atoms with Crippen molar-refractivity contribution in [2.24, 2.45) is 0 Å². The molecule has 0 aliphatic carbocycles. The van der Waals surface area contributed by atoms with Gasteiger partial charge >= 0.3 is 0 Å². The van der Waals surface area contributed by atoms with Gasteiger partial charge in [-0.1, -0.05) is 36.7 Å². The second-order valence-corrected chi connectivity index (χ2v) is 10.4. The number of fused-ring (bicyclic) bond motifs is 1. The first-order valence-electron chi connectivity index (χ1n) is 12.0. The van der Waals surface area contributed by atoms with Crippen molar-refractivity contribution in [1.29, 1.82) is 0 Å². The van der Waals surface area contributed by atoms with Crippen LogP contribution in [-0.4, -0.2) is 47.4 Å². The molecule has 35 heavy (non-hydrogen) atoms. The molecule has 5 nitrogen and oxygen atoms in total. The maximum Gasteiger partial charge on any atom is 0.254 e. The highest BCUT2D eigenvalue weighted by atomic mass is 35.5. The minimum Gasteiger partial charge on any atom is -0.491 e. The molecule has 4 rings (SSSR count). The quantitative estimate of drug-likeness (QED) is 0.365. The fraction of sp³-hybridized carbons (Fsp3) is 0.357. The summed E-state index contributed by atoms with van der Waals surface area (Å²) in [6.45, 7) is 6.95. The zero-order valence-corrected chi connectivity index (χ0v) is 21.9. The molecule has 2 aromatic carbocycles. The molecule has 1 aliphatic heterocycles. The van der Waals surface area contributed by atoms with Gasteiger partial charge in [-0.2, -0.15) is 0 Å². The standard InChI is InChI=1S/C28H31ClN2O3S/c1-4-20(3)31(28(33)23-8-6-5-7-19(23)2)17-27(32)30-15-13-26-24(14-16-35-26)25(30)18-34-22-11-9-21(29)10-12-22/h5-12,14,16,20,25H,4,13,15,17-18H2,1-3H3/t20-,25+/m1/s1. The molecule has 0 spiro atoms. The van der Waals surface area contributed by atoms with Crippen molar-refractivity contribution < 1.29 is 14.3 Å². The molecule has 0 N–H and O–H groups in total. The number of amides is 2. The molecule has 0 saturated heterocycles. The van der Waals surface area contributed by atoms with E-state index in [1.54, 1.807) is 28.4 Å². The Bertz CT molecular complexity index is 1180. The number of nitrogens with zero attached hydrogens (tertiary/aromatic N) is 2. The Labute approximate surface area is 216 Å². The zero-order valence-electron chi connectivity index (χ0n) is 20.4. The van der Waals surface area contributed by atoms with Gasteiger partial charge in [0, 0.05) is 28.0 Å². The second-order valence-electron chi connectivity index (χ2n) is 8.92. The van der Waals surface area contributed by atoms with Gasteiger partial charge in [-0.15, -0.1) is 11.3 Å². The summed E-state index contributed by atoms with van der Waals surface area (Å²) in [6.07, 6.45) is 1.58. The van der Waals surface area contributed by atoms with E-state index in [1.165, 1.54) is 4.88 Å². The monoisotopic (exact) mass is 510 g/mol. The predicted octanol–water partition coefficient (Wildman–Crippen LogP) is 6.16. The summed E-state index contributed by atoms with van der Waals surface area (Å²) in [5, 5.41) is 2.72. The fourth-order valence-corrected chi connectivity index (χ4v) is 5.49. The number of rotatable bonds is 8. The average molecular weight is 511 g/mol. The maximum absolute atomic E-state index is 13.7. The molecule has 2 atom stereocenters. The number of carbonyl (C=O) groups excluding carboxylic acids is 2.